The maximum Gasteiger partial charge on any atom is 0.254 e. The van der Waals surface area contributed by atoms with Gasteiger partial charge in [-0.25, -0.2) is 4.39 Å². The predicted molar refractivity (Wildman–Crippen MR) is 96.0 cm³/mol. The van der Waals surface area contributed by atoms with Crippen molar-refractivity contribution in [2.45, 2.75) is 38.4 Å². The molecule has 25 heavy (non-hydrogen) atoms. The van der Waals surface area contributed by atoms with Gasteiger partial charge in [0.05, 0.1) is 16.3 Å². The summed E-state index contributed by atoms with van der Waals surface area (Å²) in [7, 11) is 0. The number of aromatic nitrogens is 1. The van der Waals surface area contributed by atoms with Gasteiger partial charge in [-0.3, -0.25) is 14.7 Å². The number of carbonyl (C=O) groups is 1. The zero-order valence-corrected chi connectivity index (χ0v) is 14.8. The third-order valence-corrected chi connectivity index (χ3v) is 5.01. The molecule has 4 nitrogen and oxygen atoms in total. The van der Waals surface area contributed by atoms with E-state index in [-0.39, 0.29) is 22.7 Å². The topological polar surface area (TPSA) is 45.2 Å². The Morgan fingerprint density at radius 2 is 2.20 bits per heavy atom. The summed E-state index contributed by atoms with van der Waals surface area (Å²) in [6.07, 6.45) is 3.62. The molecule has 1 aromatic heterocycles. The van der Waals surface area contributed by atoms with E-state index in [9.17, 15) is 9.18 Å². The molecule has 0 bridgehead atoms. The van der Waals surface area contributed by atoms with Gasteiger partial charge < -0.3 is 5.32 Å². The maximum absolute atomic E-state index is 14.1. The molecule has 2 atom stereocenters. The third-order valence-electron chi connectivity index (χ3n) is 4.72. The Hall–Kier alpha value is -1.98. The van der Waals surface area contributed by atoms with Gasteiger partial charge in [0, 0.05) is 24.8 Å². The second kappa shape index (κ2) is 7.93. The quantitative estimate of drug-likeness (QED) is 0.904. The van der Waals surface area contributed by atoms with Crippen LogP contribution < -0.4 is 5.32 Å². The van der Waals surface area contributed by atoms with E-state index in [0.29, 0.717) is 0 Å². The van der Waals surface area contributed by atoms with Crippen LogP contribution >= 0.6 is 11.6 Å². The van der Waals surface area contributed by atoms with Gasteiger partial charge in [0.15, 0.2) is 5.82 Å². The van der Waals surface area contributed by atoms with E-state index in [1.165, 1.54) is 12.1 Å². The molecule has 2 unspecified atom stereocenters. The van der Waals surface area contributed by atoms with Gasteiger partial charge >= 0.3 is 0 Å². The third kappa shape index (κ3) is 4.17. The minimum Gasteiger partial charge on any atom is -0.348 e. The first-order valence-corrected chi connectivity index (χ1v) is 8.83. The molecule has 0 radical (unpaired) electrons. The average Bonchev–Trinajstić information content (AvgIpc) is 2.61. The first kappa shape index (κ1) is 17.8. The lowest BCUT2D eigenvalue weighted by Gasteiger charge is -2.39. The molecule has 1 saturated heterocycles. The summed E-state index contributed by atoms with van der Waals surface area (Å²) in [6, 6.07) is 10.4. The number of rotatable bonds is 4. The second-order valence-electron chi connectivity index (χ2n) is 6.36. The standard InChI is InChI=1S/C19H21ClFN3O/c1-13-17(23-19(25)15-7-4-8-16(20)18(15)21)9-5-11-24(13)12-14-6-2-3-10-22-14/h2-4,6-8,10,13,17H,5,9,11-12H2,1H3,(H,23,25). The number of benzene rings is 1. The van der Waals surface area contributed by atoms with Crippen LogP contribution in [-0.4, -0.2) is 34.4 Å². The normalized spacial score (nSPS) is 21.1. The molecule has 3 rings (SSSR count). The average molecular weight is 362 g/mol. The smallest absolute Gasteiger partial charge is 0.254 e. The summed E-state index contributed by atoms with van der Waals surface area (Å²) in [5.74, 6) is -1.09. The highest BCUT2D eigenvalue weighted by molar-refractivity contribution is 6.31. The van der Waals surface area contributed by atoms with Crippen LogP contribution in [-0.2, 0) is 6.54 Å². The minimum atomic E-state index is -0.671. The van der Waals surface area contributed by atoms with Crippen molar-refractivity contribution in [2.24, 2.45) is 0 Å². The molecule has 1 aromatic carbocycles. The van der Waals surface area contributed by atoms with Gasteiger partial charge in [-0.1, -0.05) is 23.7 Å². The van der Waals surface area contributed by atoms with Crippen molar-refractivity contribution < 1.29 is 9.18 Å². The Morgan fingerprint density at radius 3 is 2.96 bits per heavy atom. The molecule has 1 fully saturated rings. The fraction of sp³-hybridized carbons (Fsp3) is 0.368. The summed E-state index contributed by atoms with van der Waals surface area (Å²) in [6.45, 7) is 3.77. The number of nitrogens with one attached hydrogen (secondary N) is 1. The van der Waals surface area contributed by atoms with Crippen molar-refractivity contribution >= 4 is 17.5 Å². The van der Waals surface area contributed by atoms with Crippen molar-refractivity contribution in [3.63, 3.8) is 0 Å². The molecule has 1 N–H and O–H groups in total. The molecule has 1 aliphatic rings. The van der Waals surface area contributed by atoms with Crippen molar-refractivity contribution in [1.29, 1.82) is 0 Å². The molecule has 0 aliphatic carbocycles. The molecule has 6 heteroatoms. The Labute approximate surface area is 152 Å². The van der Waals surface area contributed by atoms with Crippen LogP contribution in [0.1, 0.15) is 35.8 Å². The van der Waals surface area contributed by atoms with Gasteiger partial charge in [0.1, 0.15) is 0 Å². The number of carbonyl (C=O) groups excluding carboxylic acids is 1. The van der Waals surface area contributed by atoms with Crippen LogP contribution in [0.15, 0.2) is 42.6 Å². The lowest BCUT2D eigenvalue weighted by atomic mass is 9.96. The van der Waals surface area contributed by atoms with E-state index in [2.05, 4.69) is 22.1 Å². The molecule has 1 amide bonds. The summed E-state index contributed by atoms with van der Waals surface area (Å²) in [5.41, 5.74) is 0.990. The number of likely N-dealkylation sites (tertiary alicyclic amines) is 1. The molecule has 132 valence electrons. The first-order valence-electron chi connectivity index (χ1n) is 8.45. The highest BCUT2D eigenvalue weighted by Crippen LogP contribution is 2.22. The molecular formula is C19H21ClFN3O. The van der Waals surface area contributed by atoms with E-state index < -0.39 is 11.7 Å². The summed E-state index contributed by atoms with van der Waals surface area (Å²) < 4.78 is 14.1. The van der Waals surface area contributed by atoms with Crippen LogP contribution in [0.25, 0.3) is 0 Å². The van der Waals surface area contributed by atoms with Gasteiger partial charge in [-0.2, -0.15) is 0 Å². The molecule has 1 aliphatic heterocycles. The Kier molecular flexibility index (Phi) is 5.66. The molecular weight excluding hydrogens is 341 g/mol. The van der Waals surface area contributed by atoms with Crippen molar-refractivity contribution in [1.82, 2.24) is 15.2 Å². The van der Waals surface area contributed by atoms with Crippen LogP contribution in [0, 0.1) is 5.82 Å². The Balaban J connectivity index is 1.67. The second-order valence-corrected chi connectivity index (χ2v) is 6.76. The molecule has 0 spiro atoms. The largest absolute Gasteiger partial charge is 0.348 e. The SMILES string of the molecule is CC1C(NC(=O)c2cccc(Cl)c2F)CCCN1Cc1ccccn1. The molecule has 2 aromatic rings. The highest BCUT2D eigenvalue weighted by atomic mass is 35.5. The highest BCUT2D eigenvalue weighted by Gasteiger charge is 2.30. The van der Waals surface area contributed by atoms with E-state index in [1.54, 1.807) is 12.3 Å². The van der Waals surface area contributed by atoms with E-state index in [0.717, 1.165) is 31.6 Å². The van der Waals surface area contributed by atoms with E-state index in [4.69, 9.17) is 11.6 Å². The van der Waals surface area contributed by atoms with Crippen molar-refractivity contribution in [2.75, 3.05) is 6.54 Å². The number of piperidine rings is 1. The fourth-order valence-electron chi connectivity index (χ4n) is 3.25. The van der Waals surface area contributed by atoms with Crippen molar-refractivity contribution in [3.05, 3.63) is 64.7 Å². The fourth-order valence-corrected chi connectivity index (χ4v) is 3.43. The zero-order chi connectivity index (χ0) is 17.8. The monoisotopic (exact) mass is 361 g/mol. The number of hydrogen-bond donors (Lipinski definition) is 1. The Morgan fingerprint density at radius 1 is 1.36 bits per heavy atom. The minimum absolute atomic E-state index is 0.0125. The lowest BCUT2D eigenvalue weighted by Crippen LogP contribution is -2.53. The predicted octanol–water partition coefficient (Wildman–Crippen LogP) is 3.66. The van der Waals surface area contributed by atoms with Crippen LogP contribution in [0.2, 0.25) is 5.02 Å². The number of hydrogen-bond acceptors (Lipinski definition) is 3. The number of pyridine rings is 1. The van der Waals surface area contributed by atoms with Gasteiger partial charge in [0.2, 0.25) is 0 Å². The lowest BCUT2D eigenvalue weighted by molar-refractivity contribution is 0.0809. The van der Waals surface area contributed by atoms with Gasteiger partial charge in [-0.05, 0) is 50.6 Å². The molecule has 0 saturated carbocycles. The summed E-state index contributed by atoms with van der Waals surface area (Å²) in [5, 5.41) is 2.93. The van der Waals surface area contributed by atoms with E-state index in [1.807, 2.05) is 18.2 Å². The van der Waals surface area contributed by atoms with Crippen LogP contribution in [0.5, 0.6) is 0 Å². The van der Waals surface area contributed by atoms with Crippen molar-refractivity contribution in [3.8, 4) is 0 Å². The molecule has 2 heterocycles. The van der Waals surface area contributed by atoms with Gasteiger partial charge in [-0.15, -0.1) is 0 Å². The Bertz CT molecular complexity index is 741. The number of amides is 1. The number of nitrogens with zero attached hydrogens (tertiary/aromatic N) is 2. The van der Waals surface area contributed by atoms with E-state index >= 15 is 0 Å². The number of halogens is 2. The van der Waals surface area contributed by atoms with Crippen LogP contribution in [0.4, 0.5) is 4.39 Å². The summed E-state index contributed by atoms with van der Waals surface area (Å²) in [4.78, 5) is 19.1. The summed E-state index contributed by atoms with van der Waals surface area (Å²) >= 11 is 5.77. The zero-order valence-electron chi connectivity index (χ0n) is 14.1. The van der Waals surface area contributed by atoms with Gasteiger partial charge in [0.25, 0.3) is 5.91 Å². The van der Waals surface area contributed by atoms with Crippen LogP contribution in [0.3, 0.4) is 0 Å². The maximum atomic E-state index is 14.1. The first-order chi connectivity index (χ1) is 12.1.